The smallest absolute Gasteiger partial charge is 0.0151 e. The van der Waals surface area contributed by atoms with Gasteiger partial charge in [-0.25, -0.2) is 0 Å². The maximum Gasteiger partial charge on any atom is 0.0151 e. The molecule has 2 atom stereocenters. The summed E-state index contributed by atoms with van der Waals surface area (Å²) in [7, 11) is 0. The van der Waals surface area contributed by atoms with Crippen molar-refractivity contribution in [3.05, 3.63) is 0 Å². The zero-order chi connectivity index (χ0) is 14.9. The number of rotatable bonds is 2. The molecule has 0 amide bonds. The molecule has 0 aromatic carbocycles. The Bertz CT molecular complexity index is 226. The topological polar surface area (TPSA) is 26.0 Å². The lowest BCUT2D eigenvalue weighted by Gasteiger charge is -2.33. The second kappa shape index (κ2) is 9.07. The molecule has 0 aromatic rings. The van der Waals surface area contributed by atoms with E-state index in [4.69, 9.17) is 5.73 Å². The molecule has 1 aliphatic carbocycles. The molecule has 1 aliphatic rings. The molecule has 2 N–H and O–H groups in total. The van der Waals surface area contributed by atoms with Crippen molar-refractivity contribution in [2.24, 2.45) is 11.1 Å². The van der Waals surface area contributed by atoms with Crippen molar-refractivity contribution >= 4 is 0 Å². The van der Waals surface area contributed by atoms with E-state index in [0.717, 1.165) is 6.42 Å². The Balaban J connectivity index is 2.55. The average Bonchev–Trinajstić information content (AvgIpc) is 2.45. The van der Waals surface area contributed by atoms with Gasteiger partial charge in [0.2, 0.25) is 0 Å². The maximum absolute atomic E-state index is 6.64. The normalized spacial score (nSPS) is 35.4. The molecule has 0 saturated heterocycles. The highest BCUT2D eigenvalue weighted by Gasteiger charge is 2.26. The van der Waals surface area contributed by atoms with Crippen LogP contribution in [0.3, 0.4) is 0 Å². The number of hydrogen-bond donors (Lipinski definition) is 1. The molecule has 1 fully saturated rings. The molecule has 20 heavy (non-hydrogen) atoms. The third-order valence-electron chi connectivity index (χ3n) is 5.97. The molecule has 0 aromatic heterocycles. The molecule has 0 aliphatic heterocycles. The van der Waals surface area contributed by atoms with Crippen LogP contribution in [0.1, 0.15) is 111 Å². The van der Waals surface area contributed by atoms with E-state index in [1.54, 1.807) is 0 Å². The van der Waals surface area contributed by atoms with E-state index in [0.29, 0.717) is 5.41 Å². The van der Waals surface area contributed by atoms with Gasteiger partial charge in [0.25, 0.3) is 0 Å². The van der Waals surface area contributed by atoms with Crippen molar-refractivity contribution < 1.29 is 0 Å². The highest BCUT2D eigenvalue weighted by atomic mass is 14.7. The summed E-state index contributed by atoms with van der Waals surface area (Å²) in [5.41, 5.74) is 7.33. The Labute approximate surface area is 128 Å². The van der Waals surface area contributed by atoms with Crippen LogP contribution < -0.4 is 5.73 Å². The number of nitrogens with two attached hydrogens (primary N) is 1. The maximum atomic E-state index is 6.64. The minimum absolute atomic E-state index is 0.124. The fraction of sp³-hybridized carbons (Fsp3) is 1.00. The summed E-state index contributed by atoms with van der Waals surface area (Å²) in [6.45, 7) is 7.16. The molecule has 1 saturated carbocycles. The summed E-state index contributed by atoms with van der Waals surface area (Å²) in [5, 5.41) is 0. The van der Waals surface area contributed by atoms with E-state index in [-0.39, 0.29) is 5.54 Å². The van der Waals surface area contributed by atoms with Gasteiger partial charge in [-0.05, 0) is 37.5 Å². The zero-order valence-corrected chi connectivity index (χ0v) is 14.5. The van der Waals surface area contributed by atoms with Gasteiger partial charge in [-0.15, -0.1) is 0 Å². The van der Waals surface area contributed by atoms with E-state index in [1.165, 1.54) is 83.5 Å². The average molecular weight is 282 g/mol. The summed E-state index contributed by atoms with van der Waals surface area (Å²) in [6, 6.07) is 0. The Morgan fingerprint density at radius 3 is 1.65 bits per heavy atom. The highest BCUT2D eigenvalue weighted by Crippen LogP contribution is 2.36. The van der Waals surface area contributed by atoms with Crippen molar-refractivity contribution in [1.29, 1.82) is 0 Å². The van der Waals surface area contributed by atoms with E-state index in [9.17, 15) is 0 Å². The Morgan fingerprint density at radius 2 is 1.10 bits per heavy atom. The molecule has 1 nitrogen and oxygen atoms in total. The van der Waals surface area contributed by atoms with E-state index >= 15 is 0 Å². The molecule has 0 bridgehead atoms. The Kier molecular flexibility index (Phi) is 8.17. The predicted molar refractivity (Wildman–Crippen MR) is 91.0 cm³/mol. The SMILES string of the molecule is CCC1(C)CCCCCCCCCC(N)(CC)CCC1. The lowest BCUT2D eigenvalue weighted by Crippen LogP contribution is -2.39. The molecule has 0 spiro atoms. The van der Waals surface area contributed by atoms with Crippen LogP contribution in [0.2, 0.25) is 0 Å². The summed E-state index contributed by atoms with van der Waals surface area (Å²) >= 11 is 0. The first-order chi connectivity index (χ1) is 9.54. The largest absolute Gasteiger partial charge is 0.325 e. The van der Waals surface area contributed by atoms with Gasteiger partial charge in [0.1, 0.15) is 0 Å². The van der Waals surface area contributed by atoms with Crippen molar-refractivity contribution in [3.63, 3.8) is 0 Å². The first-order valence-corrected chi connectivity index (χ1v) is 9.32. The predicted octanol–water partition coefficient (Wildman–Crippen LogP) is 6.21. The minimum Gasteiger partial charge on any atom is -0.325 e. The van der Waals surface area contributed by atoms with Gasteiger partial charge in [0, 0.05) is 5.54 Å². The van der Waals surface area contributed by atoms with Gasteiger partial charge >= 0.3 is 0 Å². The van der Waals surface area contributed by atoms with Gasteiger partial charge in [0.05, 0.1) is 0 Å². The van der Waals surface area contributed by atoms with E-state index in [2.05, 4.69) is 20.8 Å². The minimum atomic E-state index is 0.124. The Hall–Kier alpha value is -0.0400. The van der Waals surface area contributed by atoms with Crippen molar-refractivity contribution in [2.45, 2.75) is 116 Å². The first-order valence-electron chi connectivity index (χ1n) is 9.32. The van der Waals surface area contributed by atoms with Crippen LogP contribution in [0.4, 0.5) is 0 Å². The summed E-state index contributed by atoms with van der Waals surface area (Å²) in [4.78, 5) is 0. The van der Waals surface area contributed by atoms with Crippen LogP contribution in [0.5, 0.6) is 0 Å². The lowest BCUT2D eigenvalue weighted by molar-refractivity contribution is 0.222. The van der Waals surface area contributed by atoms with Gasteiger partial charge in [0.15, 0.2) is 0 Å². The third kappa shape index (κ3) is 6.61. The Morgan fingerprint density at radius 1 is 0.650 bits per heavy atom. The third-order valence-corrected chi connectivity index (χ3v) is 5.97. The summed E-state index contributed by atoms with van der Waals surface area (Å²) < 4.78 is 0. The molecule has 0 radical (unpaired) electrons. The molecule has 1 rings (SSSR count). The monoisotopic (exact) mass is 281 g/mol. The van der Waals surface area contributed by atoms with Crippen molar-refractivity contribution in [3.8, 4) is 0 Å². The van der Waals surface area contributed by atoms with E-state index in [1.807, 2.05) is 0 Å². The fourth-order valence-corrected chi connectivity index (χ4v) is 3.74. The van der Waals surface area contributed by atoms with Crippen LogP contribution in [0, 0.1) is 5.41 Å². The van der Waals surface area contributed by atoms with Crippen LogP contribution in [0.15, 0.2) is 0 Å². The van der Waals surface area contributed by atoms with Gasteiger partial charge < -0.3 is 5.73 Å². The summed E-state index contributed by atoms with van der Waals surface area (Å²) in [5.74, 6) is 0. The first kappa shape index (κ1) is 18.0. The highest BCUT2D eigenvalue weighted by molar-refractivity contribution is 4.84. The van der Waals surface area contributed by atoms with Gasteiger partial charge in [-0.3, -0.25) is 0 Å². The number of hydrogen-bond acceptors (Lipinski definition) is 1. The standard InChI is InChI=1S/C19H39N/c1-4-18(3)14-11-9-7-6-8-10-12-16-19(20,5-2)17-13-15-18/h4-17,20H2,1-3H3. The van der Waals surface area contributed by atoms with Crippen LogP contribution in [-0.2, 0) is 0 Å². The summed E-state index contributed by atoms with van der Waals surface area (Å²) in [6.07, 6.45) is 19.0. The molecule has 120 valence electrons. The van der Waals surface area contributed by atoms with E-state index < -0.39 is 0 Å². The van der Waals surface area contributed by atoms with Crippen LogP contribution >= 0.6 is 0 Å². The van der Waals surface area contributed by atoms with Crippen LogP contribution in [-0.4, -0.2) is 5.54 Å². The lowest BCUT2D eigenvalue weighted by atomic mass is 9.75. The molecule has 1 heteroatoms. The second-order valence-electron chi connectivity index (χ2n) is 7.71. The van der Waals surface area contributed by atoms with Gasteiger partial charge in [-0.2, -0.15) is 0 Å². The van der Waals surface area contributed by atoms with Crippen LogP contribution in [0.25, 0.3) is 0 Å². The zero-order valence-electron chi connectivity index (χ0n) is 14.5. The van der Waals surface area contributed by atoms with Gasteiger partial charge in [-0.1, -0.05) is 78.6 Å². The molecular weight excluding hydrogens is 242 g/mol. The second-order valence-corrected chi connectivity index (χ2v) is 7.71. The molecule has 0 heterocycles. The fourth-order valence-electron chi connectivity index (χ4n) is 3.74. The molecular formula is C19H39N. The van der Waals surface area contributed by atoms with Crippen molar-refractivity contribution in [2.75, 3.05) is 0 Å². The quantitative estimate of drug-likeness (QED) is 0.640. The molecule has 2 unspecified atom stereocenters. The van der Waals surface area contributed by atoms with Crippen molar-refractivity contribution in [1.82, 2.24) is 0 Å².